The van der Waals surface area contributed by atoms with E-state index in [4.69, 9.17) is 4.52 Å². The average molecular weight is 383 g/mol. The molecule has 2 fully saturated rings. The van der Waals surface area contributed by atoms with Crippen LogP contribution < -0.4 is 5.32 Å². The largest absolute Gasteiger partial charge is 0.364 e. The van der Waals surface area contributed by atoms with Gasteiger partial charge in [-0.3, -0.25) is 19.6 Å². The molecule has 150 valence electrons. The number of carbonyl (C=O) groups excluding carboxylic acids is 1. The van der Waals surface area contributed by atoms with Gasteiger partial charge < -0.3 is 9.84 Å². The second-order valence-electron chi connectivity index (χ2n) is 7.91. The molecule has 0 saturated carbocycles. The first-order valence-electron chi connectivity index (χ1n) is 10.3. The van der Waals surface area contributed by atoms with E-state index in [1.165, 1.54) is 24.7 Å². The van der Waals surface area contributed by atoms with Gasteiger partial charge in [0, 0.05) is 37.6 Å². The number of likely N-dealkylation sites (tertiary alicyclic amines) is 2. The van der Waals surface area contributed by atoms with Gasteiger partial charge >= 0.3 is 0 Å². The van der Waals surface area contributed by atoms with Crippen molar-refractivity contribution in [1.29, 1.82) is 0 Å². The molecular weight excluding hydrogens is 354 g/mol. The lowest BCUT2D eigenvalue weighted by Crippen LogP contribution is -2.50. The topological polar surface area (TPSA) is 74.5 Å². The van der Waals surface area contributed by atoms with E-state index in [1.807, 2.05) is 12.4 Å². The first-order chi connectivity index (χ1) is 13.8. The molecule has 2 aromatic heterocycles. The fourth-order valence-corrected chi connectivity index (χ4v) is 4.39. The molecule has 0 spiro atoms. The minimum atomic E-state index is 0.0792. The van der Waals surface area contributed by atoms with Gasteiger partial charge in [-0.1, -0.05) is 5.16 Å². The van der Waals surface area contributed by atoms with E-state index in [0.717, 1.165) is 51.3 Å². The molecule has 1 N–H and O–H groups in total. The van der Waals surface area contributed by atoms with Crippen LogP contribution in [0.5, 0.6) is 0 Å². The predicted octanol–water partition coefficient (Wildman–Crippen LogP) is 2.06. The number of carbonyl (C=O) groups is 1. The Kier molecular flexibility index (Phi) is 6.34. The molecule has 7 heteroatoms. The van der Waals surface area contributed by atoms with Crippen LogP contribution in [0.2, 0.25) is 0 Å². The SMILES string of the molecule is O=C(NCc1ccon1)C1CCCN(C2CCN(Cc3ccncc3)CC2)C1. The van der Waals surface area contributed by atoms with Crippen LogP contribution in [0.1, 0.15) is 36.9 Å². The number of piperidine rings is 2. The molecule has 7 nitrogen and oxygen atoms in total. The van der Waals surface area contributed by atoms with Crippen LogP contribution >= 0.6 is 0 Å². The number of rotatable bonds is 6. The van der Waals surface area contributed by atoms with Crippen molar-refractivity contribution in [3.05, 3.63) is 48.1 Å². The van der Waals surface area contributed by atoms with Crippen molar-refractivity contribution in [2.45, 2.75) is 44.8 Å². The van der Waals surface area contributed by atoms with Crippen molar-refractivity contribution in [2.24, 2.45) is 5.92 Å². The highest BCUT2D eigenvalue weighted by molar-refractivity contribution is 5.78. The van der Waals surface area contributed by atoms with Crippen molar-refractivity contribution in [3.63, 3.8) is 0 Å². The molecule has 1 amide bonds. The molecule has 1 atom stereocenters. The Morgan fingerprint density at radius 2 is 1.96 bits per heavy atom. The van der Waals surface area contributed by atoms with Crippen LogP contribution in [0.15, 0.2) is 41.4 Å². The van der Waals surface area contributed by atoms with Crippen molar-refractivity contribution in [2.75, 3.05) is 26.2 Å². The van der Waals surface area contributed by atoms with Gasteiger partial charge in [0.2, 0.25) is 5.91 Å². The zero-order chi connectivity index (χ0) is 19.2. The van der Waals surface area contributed by atoms with Crippen LogP contribution in [-0.2, 0) is 17.9 Å². The number of hydrogen-bond donors (Lipinski definition) is 1. The fraction of sp³-hybridized carbons (Fsp3) is 0.571. The summed E-state index contributed by atoms with van der Waals surface area (Å²) in [4.78, 5) is 21.7. The van der Waals surface area contributed by atoms with Crippen LogP contribution in [0.4, 0.5) is 0 Å². The number of pyridine rings is 1. The second-order valence-corrected chi connectivity index (χ2v) is 7.91. The number of nitrogens with one attached hydrogen (secondary N) is 1. The lowest BCUT2D eigenvalue weighted by atomic mass is 9.93. The maximum atomic E-state index is 12.6. The molecule has 0 radical (unpaired) electrons. The Labute approximate surface area is 166 Å². The molecule has 0 bridgehead atoms. The minimum absolute atomic E-state index is 0.0792. The van der Waals surface area contributed by atoms with Gasteiger partial charge in [-0.05, 0) is 63.0 Å². The van der Waals surface area contributed by atoms with Crippen LogP contribution in [0, 0.1) is 5.92 Å². The smallest absolute Gasteiger partial charge is 0.224 e. The zero-order valence-electron chi connectivity index (χ0n) is 16.3. The van der Waals surface area contributed by atoms with Crippen molar-refractivity contribution in [1.82, 2.24) is 25.3 Å². The average Bonchev–Trinajstić information content (AvgIpc) is 3.27. The van der Waals surface area contributed by atoms with Crippen molar-refractivity contribution < 1.29 is 9.32 Å². The summed E-state index contributed by atoms with van der Waals surface area (Å²) in [5.41, 5.74) is 2.10. The van der Waals surface area contributed by atoms with Crippen LogP contribution in [0.25, 0.3) is 0 Å². The summed E-state index contributed by atoms with van der Waals surface area (Å²) in [5, 5.41) is 6.86. The molecule has 2 aromatic rings. The summed E-state index contributed by atoms with van der Waals surface area (Å²) >= 11 is 0. The fourth-order valence-electron chi connectivity index (χ4n) is 4.39. The Morgan fingerprint density at radius 3 is 2.71 bits per heavy atom. The third-order valence-electron chi connectivity index (χ3n) is 5.99. The molecule has 2 aliphatic heterocycles. The highest BCUT2D eigenvalue weighted by atomic mass is 16.5. The maximum Gasteiger partial charge on any atom is 0.224 e. The van der Waals surface area contributed by atoms with Gasteiger partial charge in [-0.15, -0.1) is 0 Å². The van der Waals surface area contributed by atoms with Gasteiger partial charge in [0.25, 0.3) is 0 Å². The summed E-state index contributed by atoms with van der Waals surface area (Å²) in [5.74, 6) is 0.221. The molecule has 4 heterocycles. The number of aromatic nitrogens is 2. The quantitative estimate of drug-likeness (QED) is 0.823. The third kappa shape index (κ3) is 4.97. The van der Waals surface area contributed by atoms with Gasteiger partial charge in [0.1, 0.15) is 12.0 Å². The third-order valence-corrected chi connectivity index (χ3v) is 5.99. The number of nitrogens with zero attached hydrogens (tertiary/aromatic N) is 4. The summed E-state index contributed by atoms with van der Waals surface area (Å²) in [7, 11) is 0. The second kappa shape index (κ2) is 9.30. The summed E-state index contributed by atoms with van der Waals surface area (Å²) < 4.78 is 4.82. The molecular formula is C21H29N5O2. The Balaban J connectivity index is 1.23. The Bertz CT molecular complexity index is 729. The molecule has 0 aromatic carbocycles. The van der Waals surface area contributed by atoms with Crippen molar-refractivity contribution in [3.8, 4) is 0 Å². The lowest BCUT2D eigenvalue weighted by Gasteiger charge is -2.42. The van der Waals surface area contributed by atoms with E-state index in [1.54, 1.807) is 6.07 Å². The first kappa shape index (κ1) is 19.1. The monoisotopic (exact) mass is 383 g/mol. The van der Waals surface area contributed by atoms with Crippen molar-refractivity contribution >= 4 is 5.91 Å². The van der Waals surface area contributed by atoms with E-state index in [9.17, 15) is 4.79 Å². The van der Waals surface area contributed by atoms with E-state index in [2.05, 4.69) is 37.4 Å². The Hall–Kier alpha value is -2.25. The first-order valence-corrected chi connectivity index (χ1v) is 10.3. The summed E-state index contributed by atoms with van der Waals surface area (Å²) in [6.45, 7) is 5.67. The molecule has 1 unspecified atom stereocenters. The van der Waals surface area contributed by atoms with Gasteiger partial charge in [-0.25, -0.2) is 0 Å². The highest BCUT2D eigenvalue weighted by Gasteiger charge is 2.31. The standard InChI is InChI=1S/C21H29N5O2/c27-21(23-14-19-7-13-28-24-19)18-2-1-10-26(16-18)20-5-11-25(12-6-20)15-17-3-8-22-9-4-17/h3-4,7-9,13,18,20H,1-2,5-6,10-12,14-16H2,(H,23,27). The van der Waals surface area contributed by atoms with E-state index >= 15 is 0 Å². The van der Waals surface area contributed by atoms with E-state index in [-0.39, 0.29) is 11.8 Å². The molecule has 4 rings (SSSR count). The van der Waals surface area contributed by atoms with Gasteiger partial charge in [0.15, 0.2) is 0 Å². The maximum absolute atomic E-state index is 12.6. The Morgan fingerprint density at radius 1 is 1.14 bits per heavy atom. The summed E-state index contributed by atoms with van der Waals surface area (Å²) in [6, 6.07) is 6.57. The molecule has 0 aliphatic carbocycles. The summed E-state index contributed by atoms with van der Waals surface area (Å²) in [6.07, 6.45) is 9.69. The number of hydrogen-bond acceptors (Lipinski definition) is 6. The van der Waals surface area contributed by atoms with Gasteiger partial charge in [0.05, 0.1) is 12.5 Å². The number of amides is 1. The van der Waals surface area contributed by atoms with E-state index in [0.29, 0.717) is 12.6 Å². The molecule has 2 saturated heterocycles. The molecule has 28 heavy (non-hydrogen) atoms. The normalized spacial score (nSPS) is 22.2. The zero-order valence-corrected chi connectivity index (χ0v) is 16.3. The van der Waals surface area contributed by atoms with Crippen LogP contribution in [-0.4, -0.2) is 58.1 Å². The highest BCUT2D eigenvalue weighted by Crippen LogP contribution is 2.24. The lowest BCUT2D eigenvalue weighted by molar-refractivity contribution is -0.127. The minimum Gasteiger partial charge on any atom is -0.364 e. The molecule has 2 aliphatic rings. The van der Waals surface area contributed by atoms with Gasteiger partial charge in [-0.2, -0.15) is 0 Å². The van der Waals surface area contributed by atoms with Crippen LogP contribution in [0.3, 0.4) is 0 Å². The predicted molar refractivity (Wildman–Crippen MR) is 105 cm³/mol. The van der Waals surface area contributed by atoms with E-state index < -0.39 is 0 Å².